The zero-order chi connectivity index (χ0) is 22.2. The molecule has 1 aliphatic carbocycles. The first-order chi connectivity index (χ1) is 15.5. The van der Waals surface area contributed by atoms with Gasteiger partial charge in [0.25, 0.3) is 0 Å². The van der Waals surface area contributed by atoms with E-state index in [0.29, 0.717) is 12.0 Å². The zero-order valence-electron chi connectivity index (χ0n) is 18.1. The number of benzene rings is 2. The van der Waals surface area contributed by atoms with Crippen LogP contribution in [-0.4, -0.2) is 11.8 Å². The van der Waals surface area contributed by atoms with E-state index in [1.807, 2.05) is 73.8 Å². The number of anilines is 3. The maximum atomic E-state index is 13.8. The number of nitrogens with one attached hydrogen (secondary N) is 2. The van der Waals surface area contributed by atoms with Crippen LogP contribution >= 0.6 is 11.3 Å². The maximum Gasteiger partial charge on any atom is 0.327 e. The second kappa shape index (κ2) is 8.28. The summed E-state index contributed by atoms with van der Waals surface area (Å²) in [5.74, 6) is 0.105. The molecule has 0 radical (unpaired) electrons. The van der Waals surface area contributed by atoms with Gasteiger partial charge in [0.05, 0.1) is 11.4 Å². The monoisotopic (exact) mass is 443 g/mol. The summed E-state index contributed by atoms with van der Waals surface area (Å²) in [6, 6.07) is 16.9. The van der Waals surface area contributed by atoms with Crippen molar-refractivity contribution in [2.24, 2.45) is 0 Å². The van der Waals surface area contributed by atoms with Crippen molar-refractivity contribution in [3.63, 3.8) is 0 Å². The summed E-state index contributed by atoms with van der Waals surface area (Å²) < 4.78 is 0. The molecule has 5 nitrogen and oxygen atoms in total. The predicted octanol–water partition coefficient (Wildman–Crippen LogP) is 6.58. The van der Waals surface area contributed by atoms with Crippen LogP contribution in [0, 0.1) is 13.8 Å². The molecule has 3 aromatic rings. The Labute approximate surface area is 191 Å². The van der Waals surface area contributed by atoms with E-state index in [2.05, 4.69) is 10.6 Å². The van der Waals surface area contributed by atoms with Crippen LogP contribution in [-0.2, 0) is 4.79 Å². The summed E-state index contributed by atoms with van der Waals surface area (Å²) in [6.07, 6.45) is 2.12. The predicted molar refractivity (Wildman–Crippen MR) is 130 cm³/mol. The lowest BCUT2D eigenvalue weighted by Crippen LogP contribution is -2.40. The van der Waals surface area contributed by atoms with Crippen molar-refractivity contribution in [2.75, 3.05) is 15.5 Å². The molecule has 1 aromatic heterocycles. The van der Waals surface area contributed by atoms with E-state index in [-0.39, 0.29) is 11.8 Å². The smallest absolute Gasteiger partial charge is 0.327 e. The van der Waals surface area contributed by atoms with Crippen molar-refractivity contribution in [2.45, 2.75) is 39.2 Å². The Bertz CT molecular complexity index is 1230. The molecule has 1 atom stereocenters. The van der Waals surface area contributed by atoms with Crippen LogP contribution in [0.15, 0.2) is 71.2 Å². The Morgan fingerprint density at radius 3 is 2.69 bits per heavy atom. The van der Waals surface area contributed by atoms with Gasteiger partial charge in [-0.15, -0.1) is 11.3 Å². The van der Waals surface area contributed by atoms with Crippen LogP contribution in [0.3, 0.4) is 0 Å². The number of hydrogen-bond acceptors (Lipinski definition) is 4. The molecule has 2 aromatic carbocycles. The number of carbonyl (C=O) groups excluding carboxylic acids is 2. The van der Waals surface area contributed by atoms with Crippen molar-refractivity contribution < 1.29 is 9.59 Å². The molecule has 2 aliphatic rings. The summed E-state index contributed by atoms with van der Waals surface area (Å²) in [5.41, 5.74) is 6.24. The summed E-state index contributed by atoms with van der Waals surface area (Å²) in [4.78, 5) is 29.7. The third-order valence-electron chi connectivity index (χ3n) is 6.23. The van der Waals surface area contributed by atoms with Gasteiger partial charge in [-0.3, -0.25) is 9.69 Å². The van der Waals surface area contributed by atoms with Gasteiger partial charge in [0.15, 0.2) is 5.78 Å². The van der Waals surface area contributed by atoms with Gasteiger partial charge in [-0.2, -0.15) is 0 Å². The molecule has 1 unspecified atom stereocenters. The van der Waals surface area contributed by atoms with E-state index in [9.17, 15) is 9.59 Å². The van der Waals surface area contributed by atoms with Crippen molar-refractivity contribution >= 4 is 40.2 Å². The molecular formula is C26H25N3O2S. The first-order valence-electron chi connectivity index (χ1n) is 10.9. The first kappa shape index (κ1) is 20.5. The van der Waals surface area contributed by atoms with Crippen LogP contribution in [0.5, 0.6) is 0 Å². The second-order valence-electron chi connectivity index (χ2n) is 8.33. The van der Waals surface area contributed by atoms with E-state index in [1.165, 1.54) is 5.56 Å². The SMILES string of the molecule is Cc1ccc(NC(=O)N2c3ccccc3NC3=C(C(=O)CCC3)C2c2cccs2)cc1C. The zero-order valence-corrected chi connectivity index (χ0v) is 19.0. The standard InChI is InChI=1S/C26H25N3O2S/c1-16-12-13-18(15-17(16)2)27-26(31)29-21-9-4-3-7-19(21)28-20-8-5-10-22(30)24(20)25(29)23-11-6-14-32-23/h3-4,6-7,9,11-15,25,28H,5,8,10H2,1-2H3,(H,27,31). The van der Waals surface area contributed by atoms with Crippen LogP contribution in [0.4, 0.5) is 21.9 Å². The molecule has 2 heterocycles. The highest BCUT2D eigenvalue weighted by Crippen LogP contribution is 2.45. The van der Waals surface area contributed by atoms with Gasteiger partial charge in [0.2, 0.25) is 0 Å². The van der Waals surface area contributed by atoms with E-state index in [1.54, 1.807) is 16.2 Å². The summed E-state index contributed by atoms with van der Waals surface area (Å²) >= 11 is 1.57. The van der Waals surface area contributed by atoms with Crippen LogP contribution < -0.4 is 15.5 Å². The first-order valence-corrected chi connectivity index (χ1v) is 11.7. The van der Waals surface area contributed by atoms with Gasteiger partial charge in [-0.1, -0.05) is 24.3 Å². The summed E-state index contributed by atoms with van der Waals surface area (Å²) in [7, 11) is 0. The van der Waals surface area contributed by atoms with Crippen LogP contribution in [0.1, 0.15) is 41.3 Å². The number of fused-ring (bicyclic) bond motifs is 1. The molecule has 6 heteroatoms. The molecule has 0 bridgehead atoms. The molecule has 0 fully saturated rings. The maximum absolute atomic E-state index is 13.8. The third-order valence-corrected chi connectivity index (χ3v) is 7.15. The number of nitrogens with zero attached hydrogens (tertiary/aromatic N) is 1. The van der Waals surface area contributed by atoms with E-state index < -0.39 is 6.04 Å². The highest BCUT2D eigenvalue weighted by atomic mass is 32.1. The number of carbonyl (C=O) groups is 2. The number of Topliss-reactive ketones (excluding diaryl/α,β-unsaturated/α-hetero) is 1. The minimum absolute atomic E-state index is 0.105. The largest absolute Gasteiger partial charge is 0.357 e. The fraction of sp³-hybridized carbons (Fsp3) is 0.231. The minimum atomic E-state index is -0.472. The number of aryl methyl sites for hydroxylation is 2. The Kier molecular flexibility index (Phi) is 5.31. The lowest BCUT2D eigenvalue weighted by Gasteiger charge is -2.33. The second-order valence-corrected chi connectivity index (χ2v) is 9.31. The molecule has 32 heavy (non-hydrogen) atoms. The number of para-hydroxylation sites is 2. The molecule has 0 saturated carbocycles. The lowest BCUT2D eigenvalue weighted by atomic mass is 9.88. The number of rotatable bonds is 2. The number of amides is 2. The topological polar surface area (TPSA) is 61.4 Å². The van der Waals surface area contributed by atoms with Crippen LogP contribution in [0.2, 0.25) is 0 Å². The van der Waals surface area contributed by atoms with Gasteiger partial charge in [0.1, 0.15) is 6.04 Å². The Morgan fingerprint density at radius 1 is 1.06 bits per heavy atom. The molecule has 2 amide bonds. The van der Waals surface area contributed by atoms with Crippen molar-refractivity contribution in [3.8, 4) is 0 Å². The highest BCUT2D eigenvalue weighted by Gasteiger charge is 2.40. The number of urea groups is 1. The molecule has 0 spiro atoms. The fourth-order valence-corrected chi connectivity index (χ4v) is 5.30. The molecule has 0 saturated heterocycles. The molecular weight excluding hydrogens is 418 g/mol. The Balaban J connectivity index is 1.66. The van der Waals surface area contributed by atoms with Gasteiger partial charge < -0.3 is 10.6 Å². The highest BCUT2D eigenvalue weighted by molar-refractivity contribution is 7.10. The normalized spacial score (nSPS) is 17.9. The fourth-order valence-electron chi connectivity index (χ4n) is 4.48. The Morgan fingerprint density at radius 2 is 1.91 bits per heavy atom. The number of allylic oxidation sites excluding steroid dienone is 1. The van der Waals surface area contributed by atoms with Gasteiger partial charge in [0, 0.05) is 28.3 Å². The van der Waals surface area contributed by atoms with Gasteiger partial charge >= 0.3 is 6.03 Å². The van der Waals surface area contributed by atoms with Gasteiger partial charge in [-0.05, 0) is 73.5 Å². The number of thiophene rings is 1. The van der Waals surface area contributed by atoms with E-state index in [0.717, 1.165) is 46.0 Å². The Hall–Kier alpha value is -3.38. The van der Waals surface area contributed by atoms with E-state index >= 15 is 0 Å². The number of hydrogen-bond donors (Lipinski definition) is 2. The average Bonchev–Trinajstić information content (AvgIpc) is 3.25. The molecule has 162 valence electrons. The lowest BCUT2D eigenvalue weighted by molar-refractivity contribution is -0.116. The summed E-state index contributed by atoms with van der Waals surface area (Å²) in [6.45, 7) is 4.08. The van der Waals surface area contributed by atoms with Crippen molar-refractivity contribution in [1.82, 2.24) is 0 Å². The molecule has 5 rings (SSSR count). The molecule has 1 aliphatic heterocycles. The number of ketones is 1. The summed E-state index contributed by atoms with van der Waals surface area (Å²) in [5, 5.41) is 8.56. The minimum Gasteiger partial charge on any atom is -0.357 e. The van der Waals surface area contributed by atoms with E-state index in [4.69, 9.17) is 0 Å². The third kappa shape index (κ3) is 3.60. The average molecular weight is 444 g/mol. The quantitative estimate of drug-likeness (QED) is 0.470. The molecule has 2 N–H and O–H groups in total. The van der Waals surface area contributed by atoms with Crippen LogP contribution in [0.25, 0.3) is 0 Å². The van der Waals surface area contributed by atoms with Crippen molar-refractivity contribution in [1.29, 1.82) is 0 Å². The van der Waals surface area contributed by atoms with Crippen molar-refractivity contribution in [3.05, 3.63) is 87.3 Å². The van der Waals surface area contributed by atoms with Gasteiger partial charge in [-0.25, -0.2) is 4.79 Å².